The summed E-state index contributed by atoms with van der Waals surface area (Å²) < 4.78 is 5.18. The summed E-state index contributed by atoms with van der Waals surface area (Å²) in [5.74, 6) is -0.319. The maximum atomic E-state index is 12.1. The molecule has 0 aromatic carbocycles. The predicted molar refractivity (Wildman–Crippen MR) is 103 cm³/mol. The second-order valence-electron chi connectivity index (χ2n) is 6.29. The lowest BCUT2D eigenvalue weighted by atomic mass is 10.0. The minimum Gasteiger partial charge on any atom is -0.447 e. The number of cyclic esters (lactones) is 1. The normalized spacial score (nSPS) is 20.8. The molecule has 2 unspecified atom stereocenters. The van der Waals surface area contributed by atoms with E-state index in [1.807, 2.05) is 6.07 Å². The number of carbonyl (C=O) groups is 2. The van der Waals surface area contributed by atoms with Crippen molar-refractivity contribution in [3.05, 3.63) is 40.9 Å². The van der Waals surface area contributed by atoms with Gasteiger partial charge in [-0.1, -0.05) is 11.6 Å². The Kier molecular flexibility index (Phi) is 5.97. The average molecular weight is 425 g/mol. The molecule has 2 N–H and O–H groups in total. The molecule has 2 aromatic heterocycles. The van der Waals surface area contributed by atoms with Crippen LogP contribution in [0.2, 0.25) is 5.15 Å². The Hall–Kier alpha value is -2.49. The Labute approximate surface area is 172 Å². The summed E-state index contributed by atoms with van der Waals surface area (Å²) in [6.45, 7) is 1.64. The molecule has 0 bridgehead atoms. The smallest absolute Gasteiger partial charge is 0.410 e. The van der Waals surface area contributed by atoms with Crippen molar-refractivity contribution in [2.75, 3.05) is 26.7 Å². The molecule has 0 saturated carbocycles. The second-order valence-corrected chi connectivity index (χ2v) is 6.68. The standard InChI is InChI=1S/C17H17ClN6O3.ClH/c1-19-16(25)13-4-11(21-8-22-13)12-2-9(3-15(18)23-12)14-6-20-5-10-7-27-17(26)24(10)14;/h2-4,8,10,14,20H,5-7H2,1H3,(H,19,25);1H. The lowest BCUT2D eigenvalue weighted by Gasteiger charge is -2.36. The molecule has 148 valence electrons. The van der Waals surface area contributed by atoms with E-state index in [0.29, 0.717) is 31.1 Å². The molecule has 28 heavy (non-hydrogen) atoms. The molecule has 2 aromatic rings. The van der Waals surface area contributed by atoms with Crippen LogP contribution in [0, 0.1) is 0 Å². The van der Waals surface area contributed by atoms with Gasteiger partial charge in [0.05, 0.1) is 23.5 Å². The van der Waals surface area contributed by atoms with Crippen LogP contribution in [0.25, 0.3) is 11.4 Å². The van der Waals surface area contributed by atoms with Crippen LogP contribution in [0.5, 0.6) is 0 Å². The van der Waals surface area contributed by atoms with Gasteiger partial charge in [-0.3, -0.25) is 9.69 Å². The van der Waals surface area contributed by atoms with Gasteiger partial charge in [-0.25, -0.2) is 19.7 Å². The van der Waals surface area contributed by atoms with E-state index >= 15 is 0 Å². The zero-order valence-corrected chi connectivity index (χ0v) is 16.5. The summed E-state index contributed by atoms with van der Waals surface area (Å²) in [5.41, 5.74) is 2.02. The Bertz CT molecular complexity index is 912. The van der Waals surface area contributed by atoms with E-state index in [1.54, 1.807) is 17.0 Å². The summed E-state index contributed by atoms with van der Waals surface area (Å²) in [7, 11) is 1.53. The summed E-state index contributed by atoms with van der Waals surface area (Å²) in [4.78, 5) is 38.2. The fourth-order valence-corrected chi connectivity index (χ4v) is 3.58. The molecule has 0 radical (unpaired) electrons. The van der Waals surface area contributed by atoms with Crippen LogP contribution in [0.15, 0.2) is 24.5 Å². The van der Waals surface area contributed by atoms with Crippen molar-refractivity contribution in [1.29, 1.82) is 0 Å². The summed E-state index contributed by atoms with van der Waals surface area (Å²) in [6, 6.07) is 4.87. The number of nitrogens with zero attached hydrogens (tertiary/aromatic N) is 4. The molecule has 2 amide bonds. The Morgan fingerprint density at radius 1 is 1.29 bits per heavy atom. The highest BCUT2D eigenvalue weighted by Crippen LogP contribution is 2.32. The van der Waals surface area contributed by atoms with Gasteiger partial charge in [0.1, 0.15) is 23.8 Å². The number of piperazine rings is 1. The summed E-state index contributed by atoms with van der Waals surface area (Å²) >= 11 is 6.24. The van der Waals surface area contributed by atoms with Crippen LogP contribution in [-0.4, -0.2) is 64.6 Å². The number of amides is 2. The average Bonchev–Trinajstić information content (AvgIpc) is 3.08. The molecule has 2 aliphatic heterocycles. The van der Waals surface area contributed by atoms with E-state index in [0.717, 1.165) is 5.56 Å². The van der Waals surface area contributed by atoms with Gasteiger partial charge in [-0.15, -0.1) is 12.4 Å². The van der Waals surface area contributed by atoms with Gasteiger partial charge in [0.15, 0.2) is 0 Å². The molecule has 2 saturated heterocycles. The zero-order chi connectivity index (χ0) is 19.0. The van der Waals surface area contributed by atoms with E-state index in [2.05, 4.69) is 25.6 Å². The molecule has 2 atom stereocenters. The van der Waals surface area contributed by atoms with Gasteiger partial charge < -0.3 is 15.4 Å². The van der Waals surface area contributed by atoms with Crippen molar-refractivity contribution in [2.24, 2.45) is 0 Å². The van der Waals surface area contributed by atoms with Crippen LogP contribution in [-0.2, 0) is 4.74 Å². The third-order valence-electron chi connectivity index (χ3n) is 4.65. The van der Waals surface area contributed by atoms with Gasteiger partial charge in [-0.2, -0.15) is 0 Å². The monoisotopic (exact) mass is 424 g/mol. The SMILES string of the molecule is CNC(=O)c1cc(-c2cc(C3CNCC4COC(=O)N43)cc(Cl)n2)ncn1.Cl. The van der Waals surface area contributed by atoms with E-state index in [1.165, 1.54) is 13.4 Å². The number of hydrogen-bond donors (Lipinski definition) is 2. The maximum Gasteiger partial charge on any atom is 0.410 e. The van der Waals surface area contributed by atoms with Crippen molar-refractivity contribution in [2.45, 2.75) is 12.1 Å². The Morgan fingerprint density at radius 2 is 2.11 bits per heavy atom. The molecule has 2 aliphatic rings. The molecule has 11 heteroatoms. The lowest BCUT2D eigenvalue weighted by molar-refractivity contribution is 0.0958. The maximum absolute atomic E-state index is 12.1. The Balaban J connectivity index is 0.00000225. The van der Waals surface area contributed by atoms with Gasteiger partial charge in [-0.05, 0) is 23.8 Å². The number of carbonyl (C=O) groups excluding carboxylic acids is 2. The highest BCUT2D eigenvalue weighted by Gasteiger charge is 2.41. The molecule has 0 aliphatic carbocycles. The third kappa shape index (κ3) is 3.73. The van der Waals surface area contributed by atoms with Crippen molar-refractivity contribution in [3.8, 4) is 11.4 Å². The van der Waals surface area contributed by atoms with E-state index in [-0.39, 0.29) is 47.3 Å². The first-order chi connectivity index (χ1) is 13.1. The van der Waals surface area contributed by atoms with Crippen LogP contribution in [0.3, 0.4) is 0 Å². The first kappa shape index (κ1) is 20.2. The summed E-state index contributed by atoms with van der Waals surface area (Å²) in [5, 5.41) is 6.12. The predicted octanol–water partition coefficient (Wildman–Crippen LogP) is 1.44. The largest absolute Gasteiger partial charge is 0.447 e. The van der Waals surface area contributed by atoms with Crippen molar-refractivity contribution < 1.29 is 14.3 Å². The van der Waals surface area contributed by atoms with Crippen LogP contribution in [0.4, 0.5) is 4.79 Å². The Morgan fingerprint density at radius 3 is 2.89 bits per heavy atom. The topological polar surface area (TPSA) is 109 Å². The number of nitrogens with one attached hydrogen (secondary N) is 2. The number of aromatic nitrogens is 3. The van der Waals surface area contributed by atoms with Gasteiger partial charge in [0.25, 0.3) is 5.91 Å². The van der Waals surface area contributed by atoms with Crippen molar-refractivity contribution in [3.63, 3.8) is 0 Å². The van der Waals surface area contributed by atoms with Crippen LogP contribution < -0.4 is 10.6 Å². The molecular formula is C17H18Cl2N6O3. The lowest BCUT2D eigenvalue weighted by Crippen LogP contribution is -2.51. The molecule has 9 nitrogen and oxygen atoms in total. The summed E-state index contributed by atoms with van der Waals surface area (Å²) in [6.07, 6.45) is 0.975. The minimum atomic E-state index is -0.329. The van der Waals surface area contributed by atoms with E-state index in [4.69, 9.17) is 16.3 Å². The first-order valence-electron chi connectivity index (χ1n) is 8.44. The molecule has 4 rings (SSSR count). The molecule has 2 fully saturated rings. The third-order valence-corrected chi connectivity index (χ3v) is 4.84. The second kappa shape index (κ2) is 8.26. The highest BCUT2D eigenvalue weighted by molar-refractivity contribution is 6.29. The van der Waals surface area contributed by atoms with E-state index in [9.17, 15) is 9.59 Å². The van der Waals surface area contributed by atoms with Crippen molar-refractivity contribution in [1.82, 2.24) is 30.5 Å². The minimum absolute atomic E-state index is 0. The fraction of sp³-hybridized carbons (Fsp3) is 0.353. The van der Waals surface area contributed by atoms with E-state index < -0.39 is 0 Å². The highest BCUT2D eigenvalue weighted by atomic mass is 35.5. The number of fused-ring (bicyclic) bond motifs is 1. The quantitative estimate of drug-likeness (QED) is 0.717. The number of hydrogen-bond acceptors (Lipinski definition) is 7. The zero-order valence-electron chi connectivity index (χ0n) is 14.9. The van der Waals surface area contributed by atoms with Crippen LogP contribution >= 0.6 is 24.0 Å². The first-order valence-corrected chi connectivity index (χ1v) is 8.82. The number of halogens is 2. The van der Waals surface area contributed by atoms with Crippen molar-refractivity contribution >= 4 is 36.0 Å². The number of pyridine rings is 1. The van der Waals surface area contributed by atoms with Crippen LogP contribution in [0.1, 0.15) is 22.1 Å². The molecule has 4 heterocycles. The number of ether oxygens (including phenoxy) is 1. The molecular weight excluding hydrogens is 407 g/mol. The molecule has 0 spiro atoms. The number of rotatable bonds is 3. The van der Waals surface area contributed by atoms with Gasteiger partial charge >= 0.3 is 6.09 Å². The van der Waals surface area contributed by atoms with Gasteiger partial charge in [0.2, 0.25) is 0 Å². The van der Waals surface area contributed by atoms with Gasteiger partial charge in [0, 0.05) is 20.1 Å². The fourth-order valence-electron chi connectivity index (χ4n) is 3.36.